The third-order valence-corrected chi connectivity index (χ3v) is 5.22. The fourth-order valence-corrected chi connectivity index (χ4v) is 3.83. The number of benzene rings is 1. The van der Waals surface area contributed by atoms with E-state index in [0.29, 0.717) is 18.3 Å². The summed E-state index contributed by atoms with van der Waals surface area (Å²) in [5, 5.41) is 3.45. The number of fused-ring (bicyclic) bond motifs is 1. The second-order valence-electron chi connectivity index (χ2n) is 6.78. The first-order valence-corrected chi connectivity index (χ1v) is 8.55. The number of anilines is 2. The van der Waals surface area contributed by atoms with E-state index in [1.807, 2.05) is 23.1 Å². The molecule has 0 spiro atoms. The maximum absolute atomic E-state index is 12.8. The van der Waals surface area contributed by atoms with E-state index in [1.165, 1.54) is 12.8 Å². The number of carbonyl (C=O) groups excluding carboxylic acids is 1. The second-order valence-corrected chi connectivity index (χ2v) is 6.78. The number of rotatable bonds is 3. The lowest BCUT2D eigenvalue weighted by molar-refractivity contribution is -0.119. The topological polar surface area (TPSA) is 58.4 Å². The smallest absolute Gasteiger partial charge is 0.227 e. The minimum absolute atomic E-state index is 0. The van der Waals surface area contributed by atoms with Crippen molar-refractivity contribution in [1.82, 2.24) is 5.32 Å². The van der Waals surface area contributed by atoms with Crippen LogP contribution in [0.4, 0.5) is 11.4 Å². The monoisotopic (exact) mass is 373 g/mol. The van der Waals surface area contributed by atoms with Crippen molar-refractivity contribution in [2.24, 2.45) is 11.8 Å². The molecule has 1 aromatic carbocycles. The van der Waals surface area contributed by atoms with Crippen molar-refractivity contribution in [1.29, 1.82) is 0 Å². The van der Waals surface area contributed by atoms with Gasteiger partial charge in [0, 0.05) is 24.3 Å². The molecule has 24 heavy (non-hydrogen) atoms. The molecule has 1 aromatic rings. The number of hydrogen-bond donors (Lipinski definition) is 2. The third kappa shape index (κ3) is 4.56. The number of nitrogen functional groups attached to an aromatic ring is 1. The van der Waals surface area contributed by atoms with E-state index in [-0.39, 0.29) is 30.7 Å². The number of nitrogens with one attached hydrogen (secondary N) is 1. The number of hydrogen-bond acceptors (Lipinski definition) is 3. The van der Waals surface area contributed by atoms with Crippen LogP contribution in [0.5, 0.6) is 0 Å². The number of nitrogens with zero attached hydrogens (tertiary/aromatic N) is 1. The molecule has 136 valence electrons. The Balaban J connectivity index is 0.00000144. The van der Waals surface area contributed by atoms with Crippen molar-refractivity contribution in [2.45, 2.75) is 39.0 Å². The van der Waals surface area contributed by atoms with Crippen LogP contribution in [0.2, 0.25) is 0 Å². The lowest BCUT2D eigenvalue weighted by Gasteiger charge is -2.33. The SMILES string of the molecule is CC(CC(=O)N1CCCc2c(N)cccc21)C1CCCNC1.Cl.Cl. The molecule has 2 aliphatic rings. The molecule has 0 aromatic heterocycles. The molecular formula is C18H29Cl2N3O. The maximum atomic E-state index is 12.8. The van der Waals surface area contributed by atoms with Gasteiger partial charge in [-0.25, -0.2) is 0 Å². The van der Waals surface area contributed by atoms with E-state index in [0.717, 1.165) is 49.4 Å². The van der Waals surface area contributed by atoms with Gasteiger partial charge in [-0.05, 0) is 68.3 Å². The number of halogens is 2. The summed E-state index contributed by atoms with van der Waals surface area (Å²) in [5.74, 6) is 1.32. The van der Waals surface area contributed by atoms with Crippen LogP contribution in [-0.2, 0) is 11.2 Å². The van der Waals surface area contributed by atoms with Crippen LogP contribution < -0.4 is 16.0 Å². The van der Waals surface area contributed by atoms with Crippen LogP contribution in [0.3, 0.4) is 0 Å². The van der Waals surface area contributed by atoms with Crippen LogP contribution >= 0.6 is 24.8 Å². The molecule has 2 unspecified atom stereocenters. The summed E-state index contributed by atoms with van der Waals surface area (Å²) in [7, 11) is 0. The number of carbonyl (C=O) groups is 1. The van der Waals surface area contributed by atoms with Gasteiger partial charge in [0.1, 0.15) is 0 Å². The Morgan fingerprint density at radius 1 is 1.38 bits per heavy atom. The molecule has 2 heterocycles. The van der Waals surface area contributed by atoms with Crippen LogP contribution in [0, 0.1) is 11.8 Å². The Kier molecular flexibility index (Phi) is 8.34. The number of piperidine rings is 1. The van der Waals surface area contributed by atoms with Gasteiger partial charge in [0.25, 0.3) is 0 Å². The van der Waals surface area contributed by atoms with Gasteiger partial charge in [-0.1, -0.05) is 13.0 Å². The molecule has 0 bridgehead atoms. The van der Waals surface area contributed by atoms with Gasteiger partial charge in [0.15, 0.2) is 0 Å². The Morgan fingerprint density at radius 3 is 2.88 bits per heavy atom. The minimum Gasteiger partial charge on any atom is -0.398 e. The molecule has 2 aliphatic heterocycles. The van der Waals surface area contributed by atoms with E-state index in [2.05, 4.69) is 12.2 Å². The largest absolute Gasteiger partial charge is 0.398 e. The van der Waals surface area contributed by atoms with Gasteiger partial charge in [-0.15, -0.1) is 24.8 Å². The predicted molar refractivity (Wildman–Crippen MR) is 105 cm³/mol. The normalized spacial score (nSPS) is 21.0. The Bertz CT molecular complexity index is 547. The predicted octanol–water partition coefficient (Wildman–Crippen LogP) is 3.42. The molecule has 6 heteroatoms. The van der Waals surface area contributed by atoms with E-state index in [1.54, 1.807) is 0 Å². The van der Waals surface area contributed by atoms with Crippen molar-refractivity contribution >= 4 is 42.1 Å². The van der Waals surface area contributed by atoms with Crippen molar-refractivity contribution in [3.8, 4) is 0 Å². The first-order valence-electron chi connectivity index (χ1n) is 8.55. The molecule has 1 amide bonds. The van der Waals surface area contributed by atoms with E-state index < -0.39 is 0 Å². The molecule has 0 radical (unpaired) electrons. The van der Waals surface area contributed by atoms with Crippen LogP contribution in [0.1, 0.15) is 38.2 Å². The summed E-state index contributed by atoms with van der Waals surface area (Å²) in [4.78, 5) is 14.8. The van der Waals surface area contributed by atoms with E-state index in [9.17, 15) is 4.79 Å². The minimum atomic E-state index is 0. The summed E-state index contributed by atoms with van der Waals surface area (Å²) < 4.78 is 0. The zero-order valence-electron chi connectivity index (χ0n) is 14.3. The fourth-order valence-electron chi connectivity index (χ4n) is 3.83. The molecular weight excluding hydrogens is 345 g/mol. The summed E-state index contributed by atoms with van der Waals surface area (Å²) in [6, 6.07) is 5.92. The quantitative estimate of drug-likeness (QED) is 0.797. The van der Waals surface area contributed by atoms with Gasteiger partial charge in [-0.2, -0.15) is 0 Å². The zero-order chi connectivity index (χ0) is 15.5. The first kappa shape index (κ1) is 21.1. The molecule has 3 N–H and O–H groups in total. The lowest BCUT2D eigenvalue weighted by Crippen LogP contribution is -2.39. The molecule has 3 rings (SSSR count). The van der Waals surface area contributed by atoms with Gasteiger partial charge < -0.3 is 16.0 Å². The van der Waals surface area contributed by atoms with Gasteiger partial charge in [-0.3, -0.25) is 4.79 Å². The summed E-state index contributed by atoms with van der Waals surface area (Å²) in [6.45, 7) is 5.22. The van der Waals surface area contributed by atoms with Gasteiger partial charge in [0.2, 0.25) is 5.91 Å². The Labute approximate surface area is 157 Å². The average molecular weight is 374 g/mol. The van der Waals surface area contributed by atoms with Crippen molar-refractivity contribution in [3.63, 3.8) is 0 Å². The highest BCUT2D eigenvalue weighted by Gasteiger charge is 2.27. The van der Waals surface area contributed by atoms with E-state index >= 15 is 0 Å². The molecule has 0 aliphatic carbocycles. The standard InChI is InChI=1S/C18H27N3O.2ClH/c1-13(14-5-3-9-20-12-14)11-18(22)21-10-4-6-15-16(19)7-2-8-17(15)21;;/h2,7-8,13-14,20H,3-6,9-12,19H2,1H3;2*1H. The lowest BCUT2D eigenvalue weighted by atomic mass is 9.85. The molecule has 2 atom stereocenters. The Morgan fingerprint density at radius 2 is 2.17 bits per heavy atom. The summed E-state index contributed by atoms with van der Waals surface area (Å²) in [6.07, 6.45) is 5.10. The molecule has 4 nitrogen and oxygen atoms in total. The van der Waals surface area contributed by atoms with Crippen LogP contribution in [-0.4, -0.2) is 25.5 Å². The number of amides is 1. The van der Waals surface area contributed by atoms with Crippen molar-refractivity contribution < 1.29 is 4.79 Å². The van der Waals surface area contributed by atoms with E-state index in [4.69, 9.17) is 5.73 Å². The first-order chi connectivity index (χ1) is 10.7. The number of nitrogens with two attached hydrogens (primary N) is 1. The average Bonchev–Trinajstić information content (AvgIpc) is 2.55. The summed E-state index contributed by atoms with van der Waals surface area (Å²) >= 11 is 0. The maximum Gasteiger partial charge on any atom is 0.227 e. The highest BCUT2D eigenvalue weighted by atomic mass is 35.5. The van der Waals surface area contributed by atoms with Crippen molar-refractivity contribution in [3.05, 3.63) is 23.8 Å². The van der Waals surface area contributed by atoms with Crippen molar-refractivity contribution in [2.75, 3.05) is 30.3 Å². The van der Waals surface area contributed by atoms with Crippen LogP contribution in [0.15, 0.2) is 18.2 Å². The Hall–Kier alpha value is -0.970. The van der Waals surface area contributed by atoms with Gasteiger partial charge in [0.05, 0.1) is 0 Å². The molecule has 1 fully saturated rings. The van der Waals surface area contributed by atoms with Crippen LogP contribution in [0.25, 0.3) is 0 Å². The van der Waals surface area contributed by atoms with Gasteiger partial charge >= 0.3 is 0 Å². The fraction of sp³-hybridized carbons (Fsp3) is 0.611. The molecule has 0 saturated carbocycles. The zero-order valence-corrected chi connectivity index (χ0v) is 15.9. The second kappa shape index (κ2) is 9.50. The highest BCUT2D eigenvalue weighted by Crippen LogP contribution is 2.32. The molecule has 1 saturated heterocycles. The summed E-state index contributed by atoms with van der Waals surface area (Å²) in [5.41, 5.74) is 9.07. The highest BCUT2D eigenvalue weighted by molar-refractivity contribution is 5.95. The third-order valence-electron chi connectivity index (χ3n) is 5.22.